The number of aromatic nitrogens is 3. The topological polar surface area (TPSA) is 86.5 Å². The van der Waals surface area contributed by atoms with Crippen molar-refractivity contribution < 1.29 is 45.7 Å². The number of alkyl halides is 6. The summed E-state index contributed by atoms with van der Waals surface area (Å²) >= 11 is 0. The summed E-state index contributed by atoms with van der Waals surface area (Å²) in [5.41, 5.74) is 1.46. The van der Waals surface area contributed by atoms with E-state index in [-0.39, 0.29) is 41.5 Å². The van der Waals surface area contributed by atoms with Crippen LogP contribution in [0.25, 0.3) is 22.5 Å². The van der Waals surface area contributed by atoms with Gasteiger partial charge < -0.3 is 14.6 Å². The number of hydrogen-bond acceptors (Lipinski definition) is 5. The number of benzene rings is 3. The summed E-state index contributed by atoms with van der Waals surface area (Å²) in [7, 11) is 1.11. The quantitative estimate of drug-likeness (QED) is 0.235. The third-order valence-electron chi connectivity index (χ3n) is 7.67. The molecule has 2 aliphatic rings. The molecule has 6 rings (SSSR count). The van der Waals surface area contributed by atoms with Crippen molar-refractivity contribution in [3.05, 3.63) is 82.7 Å². The summed E-state index contributed by atoms with van der Waals surface area (Å²) < 4.78 is 94.5. The number of ether oxygens (including phenoxy) is 2. The Morgan fingerprint density at radius 2 is 1.70 bits per heavy atom. The van der Waals surface area contributed by atoms with Crippen LogP contribution in [0, 0.1) is 0 Å². The molecule has 1 aliphatic heterocycles. The van der Waals surface area contributed by atoms with Crippen molar-refractivity contribution in [3.63, 3.8) is 0 Å². The molecule has 2 atom stereocenters. The zero-order valence-corrected chi connectivity index (χ0v) is 22.5. The van der Waals surface area contributed by atoms with Gasteiger partial charge in [0.05, 0.1) is 18.6 Å². The zero-order chi connectivity index (χ0) is 30.7. The van der Waals surface area contributed by atoms with E-state index >= 15 is 0 Å². The van der Waals surface area contributed by atoms with Gasteiger partial charge in [-0.3, -0.25) is 4.79 Å². The molecule has 0 radical (unpaired) electrons. The highest BCUT2D eigenvalue weighted by Gasteiger charge is 2.39. The van der Waals surface area contributed by atoms with Gasteiger partial charge in [0.25, 0.3) is 0 Å². The third-order valence-corrected chi connectivity index (χ3v) is 7.67. The molecule has 0 spiro atoms. The number of aliphatic carboxylic acids is 1. The lowest BCUT2D eigenvalue weighted by molar-refractivity contribution is -0.147. The average Bonchev–Trinajstić information content (AvgIpc) is 3.64. The second-order valence-electron chi connectivity index (χ2n) is 10.5. The van der Waals surface area contributed by atoms with Gasteiger partial charge >= 0.3 is 18.3 Å². The van der Waals surface area contributed by atoms with E-state index in [1.165, 1.54) is 30.3 Å². The van der Waals surface area contributed by atoms with Gasteiger partial charge in [0.15, 0.2) is 5.82 Å². The predicted octanol–water partition coefficient (Wildman–Crippen LogP) is 7.20. The predicted molar refractivity (Wildman–Crippen MR) is 140 cm³/mol. The lowest BCUT2D eigenvalue weighted by Gasteiger charge is -2.20. The molecule has 3 aromatic carbocycles. The molecule has 1 aliphatic carbocycles. The van der Waals surface area contributed by atoms with Crippen molar-refractivity contribution in [2.24, 2.45) is 7.05 Å². The van der Waals surface area contributed by atoms with Gasteiger partial charge in [0.2, 0.25) is 5.82 Å². The second kappa shape index (κ2) is 10.3. The Morgan fingerprint density at radius 3 is 2.35 bits per heavy atom. The number of fused-ring (bicyclic) bond motifs is 2. The van der Waals surface area contributed by atoms with Crippen molar-refractivity contribution in [2.45, 2.75) is 43.6 Å². The summed E-state index contributed by atoms with van der Waals surface area (Å²) in [5, 5.41) is 12.9. The highest BCUT2D eigenvalue weighted by Crippen LogP contribution is 2.47. The maximum Gasteiger partial charge on any atom is 0.451 e. The van der Waals surface area contributed by atoms with E-state index in [1.54, 1.807) is 18.2 Å². The van der Waals surface area contributed by atoms with E-state index in [0.29, 0.717) is 40.1 Å². The van der Waals surface area contributed by atoms with Crippen LogP contribution in [0.4, 0.5) is 26.3 Å². The summed E-state index contributed by atoms with van der Waals surface area (Å²) in [5.74, 6) is -1.63. The summed E-state index contributed by atoms with van der Waals surface area (Å²) in [6, 6.07) is 13.2. The van der Waals surface area contributed by atoms with Gasteiger partial charge in [-0.1, -0.05) is 36.4 Å². The molecule has 224 valence electrons. The van der Waals surface area contributed by atoms with Gasteiger partial charge in [0.1, 0.15) is 17.6 Å². The van der Waals surface area contributed by atoms with Crippen LogP contribution in [0.3, 0.4) is 0 Å². The van der Waals surface area contributed by atoms with Gasteiger partial charge in [-0.25, -0.2) is 9.67 Å². The van der Waals surface area contributed by atoms with E-state index in [9.17, 15) is 31.1 Å². The lowest BCUT2D eigenvalue weighted by Crippen LogP contribution is -2.13. The number of carboxylic acids is 1. The Labute approximate surface area is 240 Å². The van der Waals surface area contributed by atoms with E-state index in [4.69, 9.17) is 14.6 Å². The molecular weight excluding hydrogens is 580 g/mol. The van der Waals surface area contributed by atoms with E-state index in [1.807, 2.05) is 0 Å². The van der Waals surface area contributed by atoms with Gasteiger partial charge in [-0.05, 0) is 47.2 Å². The number of nitrogens with zero attached hydrogens (tertiary/aromatic N) is 3. The Morgan fingerprint density at radius 1 is 1.00 bits per heavy atom. The van der Waals surface area contributed by atoms with Crippen LogP contribution in [0.2, 0.25) is 0 Å². The molecule has 1 N–H and O–H groups in total. The first-order chi connectivity index (χ1) is 20.3. The van der Waals surface area contributed by atoms with Crippen LogP contribution in [0.15, 0.2) is 54.6 Å². The monoisotopic (exact) mass is 603 g/mol. The standard InChI is InChI=1S/C30H23F6N3O4/c1-39-28(30(34,35)36)37-27(38-39)16-4-2-15(3-5-16)26-21-9-11-23(20(21)8-10-22(26)29(31,32)33)43-18-6-7-19-17(12-25(40)41)14-42-24(19)13-18/h2-8,10,13,17,23H,9,11-12,14H2,1H3,(H,40,41)/t17?,23-/m1/s1. The molecule has 0 fully saturated rings. The van der Waals surface area contributed by atoms with Crippen LogP contribution in [-0.2, 0) is 30.6 Å². The average molecular weight is 604 g/mol. The maximum atomic E-state index is 14.2. The number of aryl methyl sites for hydroxylation is 1. The highest BCUT2D eigenvalue weighted by atomic mass is 19.4. The molecule has 0 bridgehead atoms. The van der Waals surface area contributed by atoms with Crippen molar-refractivity contribution in [1.29, 1.82) is 0 Å². The Kier molecular flexibility index (Phi) is 6.85. The zero-order valence-electron chi connectivity index (χ0n) is 22.5. The minimum atomic E-state index is -4.71. The number of halogens is 6. The first-order valence-electron chi connectivity index (χ1n) is 13.3. The van der Waals surface area contributed by atoms with Crippen LogP contribution in [0.1, 0.15) is 52.9 Å². The first kappa shape index (κ1) is 28.6. The van der Waals surface area contributed by atoms with Crippen molar-refractivity contribution in [3.8, 4) is 34.0 Å². The fraction of sp³-hybridized carbons (Fsp3) is 0.300. The van der Waals surface area contributed by atoms with Crippen molar-refractivity contribution >= 4 is 5.97 Å². The van der Waals surface area contributed by atoms with E-state index in [2.05, 4.69) is 10.1 Å². The Hall–Kier alpha value is -4.55. The molecule has 1 unspecified atom stereocenters. The fourth-order valence-corrected chi connectivity index (χ4v) is 5.77. The molecule has 13 heteroatoms. The number of carboxylic acid groups (broad SMARTS) is 1. The Balaban J connectivity index is 1.31. The molecule has 0 saturated carbocycles. The normalized spacial score (nSPS) is 17.8. The molecular formula is C30H23F6N3O4. The van der Waals surface area contributed by atoms with Crippen LogP contribution >= 0.6 is 0 Å². The summed E-state index contributed by atoms with van der Waals surface area (Å²) in [6.45, 7) is 0.236. The van der Waals surface area contributed by atoms with Gasteiger partial charge in [-0.15, -0.1) is 0 Å². The fourth-order valence-electron chi connectivity index (χ4n) is 5.77. The lowest BCUT2D eigenvalue weighted by atomic mass is 9.91. The van der Waals surface area contributed by atoms with E-state index in [0.717, 1.165) is 18.7 Å². The minimum Gasteiger partial charge on any atom is -0.492 e. The van der Waals surface area contributed by atoms with Crippen LogP contribution < -0.4 is 9.47 Å². The highest BCUT2D eigenvalue weighted by molar-refractivity contribution is 5.76. The SMILES string of the molecule is Cn1nc(-c2ccc(-c3c(C(F)(F)F)ccc4c3CC[C@H]4Oc3ccc4c(c3)OCC4CC(=O)O)cc2)nc1C(F)(F)F. The molecule has 2 heterocycles. The smallest absolute Gasteiger partial charge is 0.451 e. The summed E-state index contributed by atoms with van der Waals surface area (Å²) in [4.78, 5) is 14.7. The second-order valence-corrected chi connectivity index (χ2v) is 10.5. The van der Waals surface area contributed by atoms with Gasteiger partial charge in [0, 0.05) is 30.2 Å². The molecule has 4 aromatic rings. The summed E-state index contributed by atoms with van der Waals surface area (Å²) in [6.07, 6.45) is -9.25. The van der Waals surface area contributed by atoms with Crippen LogP contribution in [-0.4, -0.2) is 32.4 Å². The molecule has 43 heavy (non-hydrogen) atoms. The maximum absolute atomic E-state index is 14.2. The molecule has 0 amide bonds. The van der Waals surface area contributed by atoms with Gasteiger partial charge in [-0.2, -0.15) is 31.4 Å². The largest absolute Gasteiger partial charge is 0.492 e. The molecule has 0 saturated heterocycles. The number of hydrogen-bond donors (Lipinski definition) is 1. The Bertz CT molecular complexity index is 1710. The number of carbonyl (C=O) groups is 1. The molecule has 1 aromatic heterocycles. The first-order valence-corrected chi connectivity index (χ1v) is 13.3. The minimum absolute atomic E-state index is 0.0126. The van der Waals surface area contributed by atoms with Crippen molar-refractivity contribution in [2.75, 3.05) is 6.61 Å². The third kappa shape index (κ3) is 5.39. The molecule has 7 nitrogen and oxygen atoms in total. The number of rotatable bonds is 6. The van der Waals surface area contributed by atoms with E-state index < -0.39 is 35.8 Å². The van der Waals surface area contributed by atoms with Crippen LogP contribution in [0.5, 0.6) is 11.5 Å². The van der Waals surface area contributed by atoms with Crippen molar-refractivity contribution in [1.82, 2.24) is 14.8 Å².